The summed E-state index contributed by atoms with van der Waals surface area (Å²) in [6, 6.07) is 0. The summed E-state index contributed by atoms with van der Waals surface area (Å²) in [6.07, 6.45) is 2.51. The van der Waals surface area contributed by atoms with Crippen molar-refractivity contribution in [1.29, 1.82) is 0 Å². The fraction of sp³-hybridized carbons (Fsp3) is 1.00. The molecule has 0 amide bonds. The molecular formula is C10H21NO. The lowest BCUT2D eigenvalue weighted by Gasteiger charge is -2.28. The van der Waals surface area contributed by atoms with Crippen LogP contribution in [0.15, 0.2) is 0 Å². The number of hydrogen-bond acceptors (Lipinski definition) is 2. The van der Waals surface area contributed by atoms with Crippen molar-refractivity contribution < 1.29 is 4.74 Å². The highest BCUT2D eigenvalue weighted by atomic mass is 16.5. The number of nitrogens with one attached hydrogen (secondary N) is 1. The van der Waals surface area contributed by atoms with E-state index in [2.05, 4.69) is 19.2 Å². The first kappa shape index (κ1) is 10.0. The summed E-state index contributed by atoms with van der Waals surface area (Å²) >= 11 is 0. The van der Waals surface area contributed by atoms with Gasteiger partial charge in [-0.3, -0.25) is 0 Å². The second kappa shape index (κ2) is 4.24. The van der Waals surface area contributed by atoms with E-state index >= 15 is 0 Å². The molecule has 0 saturated carbocycles. The highest BCUT2D eigenvalue weighted by Crippen LogP contribution is 2.34. The third kappa shape index (κ3) is 2.46. The van der Waals surface area contributed by atoms with Crippen molar-refractivity contribution in [2.45, 2.75) is 26.7 Å². The van der Waals surface area contributed by atoms with E-state index < -0.39 is 0 Å². The molecule has 0 aromatic carbocycles. The van der Waals surface area contributed by atoms with E-state index in [4.69, 9.17) is 4.74 Å². The lowest BCUT2D eigenvalue weighted by molar-refractivity contribution is 0.136. The maximum Gasteiger partial charge on any atom is 0.0535 e. The zero-order valence-electron chi connectivity index (χ0n) is 8.52. The van der Waals surface area contributed by atoms with Crippen molar-refractivity contribution in [2.75, 3.05) is 26.8 Å². The van der Waals surface area contributed by atoms with E-state index in [0.29, 0.717) is 5.41 Å². The third-order valence-electron chi connectivity index (χ3n) is 2.58. The zero-order valence-corrected chi connectivity index (χ0v) is 8.52. The molecule has 1 N–H and O–H groups in total. The largest absolute Gasteiger partial charge is 0.381 e. The predicted molar refractivity (Wildman–Crippen MR) is 51.3 cm³/mol. The van der Waals surface area contributed by atoms with Gasteiger partial charge in [-0.05, 0) is 25.8 Å². The monoisotopic (exact) mass is 171 g/mol. The van der Waals surface area contributed by atoms with E-state index in [0.717, 1.165) is 25.7 Å². The van der Waals surface area contributed by atoms with Crippen molar-refractivity contribution in [2.24, 2.45) is 11.3 Å². The van der Waals surface area contributed by atoms with Crippen LogP contribution in [-0.2, 0) is 4.74 Å². The van der Waals surface area contributed by atoms with Crippen LogP contribution in [0.1, 0.15) is 26.7 Å². The topological polar surface area (TPSA) is 21.3 Å². The van der Waals surface area contributed by atoms with E-state index in [9.17, 15) is 0 Å². The molecule has 2 nitrogen and oxygen atoms in total. The average molecular weight is 171 g/mol. The molecule has 0 bridgehead atoms. The summed E-state index contributed by atoms with van der Waals surface area (Å²) in [4.78, 5) is 0. The molecule has 1 aliphatic heterocycles. The number of hydrogen-bond donors (Lipinski definition) is 1. The molecule has 0 aliphatic carbocycles. The predicted octanol–water partition coefficient (Wildman–Crippen LogP) is 1.66. The molecular weight excluding hydrogens is 150 g/mol. The summed E-state index contributed by atoms with van der Waals surface area (Å²) in [5.74, 6) is 0.778. The van der Waals surface area contributed by atoms with Gasteiger partial charge in [0.25, 0.3) is 0 Å². The Bertz CT molecular complexity index is 128. The van der Waals surface area contributed by atoms with Gasteiger partial charge >= 0.3 is 0 Å². The van der Waals surface area contributed by atoms with Gasteiger partial charge in [0.2, 0.25) is 0 Å². The van der Waals surface area contributed by atoms with Gasteiger partial charge in [-0.1, -0.05) is 13.8 Å². The highest BCUT2D eigenvalue weighted by Gasteiger charge is 2.34. The van der Waals surface area contributed by atoms with Crippen molar-refractivity contribution in [3.8, 4) is 0 Å². The molecule has 2 heteroatoms. The normalized spacial score (nSPS) is 30.0. The second-order valence-corrected chi connectivity index (χ2v) is 4.43. The minimum Gasteiger partial charge on any atom is -0.381 e. The van der Waals surface area contributed by atoms with E-state index in [1.54, 1.807) is 0 Å². The van der Waals surface area contributed by atoms with Gasteiger partial charge in [0.05, 0.1) is 6.61 Å². The average Bonchev–Trinajstić information content (AvgIpc) is 2.36. The van der Waals surface area contributed by atoms with E-state index in [1.165, 1.54) is 12.8 Å². The van der Waals surface area contributed by atoms with Gasteiger partial charge in [0.1, 0.15) is 0 Å². The first-order chi connectivity index (χ1) is 5.68. The first-order valence-electron chi connectivity index (χ1n) is 4.91. The molecule has 1 unspecified atom stereocenters. The van der Waals surface area contributed by atoms with E-state index in [-0.39, 0.29) is 0 Å². The maximum atomic E-state index is 5.47. The smallest absolute Gasteiger partial charge is 0.0535 e. The third-order valence-corrected chi connectivity index (χ3v) is 2.58. The van der Waals surface area contributed by atoms with Crippen LogP contribution in [0, 0.1) is 11.3 Å². The Balaban J connectivity index is 2.46. The van der Waals surface area contributed by atoms with Gasteiger partial charge in [-0.2, -0.15) is 0 Å². The Kier molecular flexibility index (Phi) is 3.53. The summed E-state index contributed by atoms with van der Waals surface area (Å²) in [5, 5.41) is 3.28. The van der Waals surface area contributed by atoms with Gasteiger partial charge in [0, 0.05) is 18.6 Å². The summed E-state index contributed by atoms with van der Waals surface area (Å²) in [7, 11) is 2.03. The van der Waals surface area contributed by atoms with Crippen LogP contribution in [0.2, 0.25) is 0 Å². The molecule has 12 heavy (non-hydrogen) atoms. The molecule has 0 aromatic heterocycles. The van der Waals surface area contributed by atoms with Crippen molar-refractivity contribution in [3.63, 3.8) is 0 Å². The Hall–Kier alpha value is -0.0800. The summed E-state index contributed by atoms with van der Waals surface area (Å²) < 4.78 is 5.47. The van der Waals surface area contributed by atoms with Crippen molar-refractivity contribution >= 4 is 0 Å². The van der Waals surface area contributed by atoms with Crippen molar-refractivity contribution in [3.05, 3.63) is 0 Å². The molecule has 72 valence electrons. The Labute approximate surface area is 75.7 Å². The molecule has 0 spiro atoms. The molecule has 1 saturated heterocycles. The standard InChI is InChI=1S/C10H21NO/c1-9(2)6-10(7-11-3)4-5-12-8-10/h9,11H,4-8H2,1-3H3. The Morgan fingerprint density at radius 3 is 2.67 bits per heavy atom. The van der Waals surface area contributed by atoms with Gasteiger partial charge in [-0.25, -0.2) is 0 Å². The lowest BCUT2D eigenvalue weighted by Crippen LogP contribution is -2.34. The number of ether oxygens (including phenoxy) is 1. The lowest BCUT2D eigenvalue weighted by atomic mass is 9.79. The molecule has 1 fully saturated rings. The number of rotatable bonds is 4. The Morgan fingerprint density at radius 1 is 1.50 bits per heavy atom. The molecule has 1 heterocycles. The summed E-state index contributed by atoms with van der Waals surface area (Å²) in [5.41, 5.74) is 0.433. The van der Waals surface area contributed by atoms with Crippen LogP contribution >= 0.6 is 0 Å². The van der Waals surface area contributed by atoms with Crippen LogP contribution in [0.4, 0.5) is 0 Å². The highest BCUT2D eigenvalue weighted by molar-refractivity contribution is 4.85. The van der Waals surface area contributed by atoms with Crippen molar-refractivity contribution in [1.82, 2.24) is 5.32 Å². The summed E-state index contributed by atoms with van der Waals surface area (Å²) in [6.45, 7) is 7.58. The van der Waals surface area contributed by atoms with Crippen LogP contribution in [-0.4, -0.2) is 26.8 Å². The second-order valence-electron chi connectivity index (χ2n) is 4.43. The molecule has 0 radical (unpaired) electrons. The molecule has 1 rings (SSSR count). The fourth-order valence-corrected chi connectivity index (χ4v) is 2.26. The minimum absolute atomic E-state index is 0.433. The molecule has 1 aliphatic rings. The SMILES string of the molecule is CNCC1(CC(C)C)CCOC1. The quantitative estimate of drug-likeness (QED) is 0.694. The van der Waals surface area contributed by atoms with Gasteiger partial charge in [0.15, 0.2) is 0 Å². The zero-order chi connectivity index (χ0) is 9.03. The van der Waals surface area contributed by atoms with Crippen LogP contribution in [0.5, 0.6) is 0 Å². The first-order valence-corrected chi connectivity index (χ1v) is 4.91. The van der Waals surface area contributed by atoms with Gasteiger partial charge in [-0.15, -0.1) is 0 Å². The minimum atomic E-state index is 0.433. The molecule has 1 atom stereocenters. The van der Waals surface area contributed by atoms with E-state index in [1.807, 2.05) is 7.05 Å². The Morgan fingerprint density at radius 2 is 2.25 bits per heavy atom. The van der Waals surface area contributed by atoms with Gasteiger partial charge < -0.3 is 10.1 Å². The van der Waals surface area contributed by atoms with Crippen LogP contribution < -0.4 is 5.32 Å². The fourth-order valence-electron chi connectivity index (χ4n) is 2.26. The maximum absolute atomic E-state index is 5.47. The van der Waals surface area contributed by atoms with Crippen LogP contribution in [0.3, 0.4) is 0 Å². The molecule has 0 aromatic rings. The van der Waals surface area contributed by atoms with Crippen LogP contribution in [0.25, 0.3) is 0 Å².